The number of rotatable bonds is 30. The molecule has 2 atom stereocenters. The number of hydrogen-bond acceptors (Lipinski definition) is 16. The summed E-state index contributed by atoms with van der Waals surface area (Å²) in [5.74, 6) is -6.88. The SMILES string of the molecule is COc1cccc(CC(=O)Nc2scc(-c3ccc(Cl)c(Cl)c3)c2C(=O)O)c1.Cc1ccc(C(C(=O)Nc2scc(-c3ccc(Cl)c(Cl)c3)c2C(=O)O)C(C)Cl)cc1.Cc1cccc(CCC(=O)Nc2scc(-c3ccc(Cl)cc3)c2C(=O)O)c1.O=C(CCc1ccccc1)Nc1scc(-c2ccc(Cl)c(Cl)c2)c1C(=O)O.O=C(CCc1ccccc1)Nc1scc(-c2ccc(Cl)cc2)c1C(=O)O. The van der Waals surface area contributed by atoms with Gasteiger partial charge in [-0.05, 0) is 168 Å². The Labute approximate surface area is 858 Å². The van der Waals surface area contributed by atoms with Gasteiger partial charge >= 0.3 is 29.8 Å². The molecular formula is C103H82Cl9N5O16S5. The Morgan fingerprint density at radius 2 is 0.630 bits per heavy atom. The molecule has 0 bridgehead atoms. The Hall–Kier alpha value is -12.2. The van der Waals surface area contributed by atoms with E-state index < -0.39 is 41.1 Å². The van der Waals surface area contributed by atoms with E-state index in [9.17, 15) is 73.5 Å². The van der Waals surface area contributed by atoms with Gasteiger partial charge in [0.25, 0.3) is 0 Å². The lowest BCUT2D eigenvalue weighted by atomic mass is 9.94. The van der Waals surface area contributed by atoms with Crippen LogP contribution in [0.3, 0.4) is 0 Å². The maximum Gasteiger partial charge on any atom is 0.339 e. The number of benzene rings is 10. The van der Waals surface area contributed by atoms with Crippen molar-refractivity contribution < 1.29 is 78.2 Å². The van der Waals surface area contributed by atoms with Gasteiger partial charge in [-0.15, -0.1) is 68.3 Å². The third kappa shape index (κ3) is 29.7. The lowest BCUT2D eigenvalue weighted by Crippen LogP contribution is -2.27. The number of carbonyl (C=O) groups is 10. The van der Waals surface area contributed by atoms with Gasteiger partial charge in [0, 0.05) is 89.4 Å². The van der Waals surface area contributed by atoms with Crippen molar-refractivity contribution in [2.75, 3.05) is 33.7 Å². The van der Waals surface area contributed by atoms with Crippen LogP contribution in [0.1, 0.15) is 123 Å². The van der Waals surface area contributed by atoms with E-state index >= 15 is 0 Å². The number of aromatic carboxylic acids is 5. The number of halogens is 9. The maximum atomic E-state index is 13.0. The first-order valence-corrected chi connectivity index (χ1v) is 49.5. The molecule has 5 aromatic heterocycles. The number of anilines is 5. The van der Waals surface area contributed by atoms with Crippen LogP contribution in [0.5, 0.6) is 5.75 Å². The van der Waals surface area contributed by atoms with Crippen LogP contribution in [-0.2, 0) is 49.7 Å². The second kappa shape index (κ2) is 50.9. The van der Waals surface area contributed by atoms with Crippen molar-refractivity contribution in [2.45, 2.75) is 77.0 Å². The van der Waals surface area contributed by atoms with E-state index in [0.717, 1.165) is 72.7 Å². The molecule has 15 aromatic rings. The van der Waals surface area contributed by atoms with Gasteiger partial charge in [0.05, 0.1) is 49.6 Å². The predicted octanol–water partition coefficient (Wildman–Crippen LogP) is 29.7. The van der Waals surface area contributed by atoms with Crippen molar-refractivity contribution in [3.05, 3.63) is 370 Å². The van der Waals surface area contributed by atoms with Gasteiger partial charge in [-0.1, -0.05) is 268 Å². The summed E-state index contributed by atoms with van der Waals surface area (Å²) in [6.07, 6.45) is 2.73. The average Bonchev–Trinajstić information content (AvgIpc) is 1.65. The van der Waals surface area contributed by atoms with Crippen LogP contribution in [0.15, 0.2) is 263 Å². The van der Waals surface area contributed by atoms with Gasteiger partial charge in [-0.2, -0.15) is 0 Å². The quantitative estimate of drug-likeness (QED) is 0.0187. The molecule has 15 rings (SSSR count). The standard InChI is InChI=1S/C22H18Cl3NO3S.C21H18ClNO3S.C20H15Cl2NO4S.C20H15Cl2NO3S.C20H16ClNO3S/c1-11-3-5-13(6-4-11)18(12(2)23)20(27)26-21-19(22(28)29)15(10-30-21)14-7-8-16(24)17(25)9-14;1-13-3-2-4-14(11-13)5-10-18(24)23-20-19(21(25)26)17(12-27-20)15-6-8-16(22)9-7-15;1-27-13-4-2-3-11(7-13)8-17(24)23-19-18(20(25)26)14(10-28-19)12-5-6-15(21)16(22)9-12;21-15-8-7-13(10-16(15)22)14-11-27-19(18(14)20(25)26)23-17(24)9-6-12-4-2-1-3-5-12;21-15-9-7-14(8-10-15)16-12-26-19(18(16)20(24)25)22-17(23)11-6-13-4-2-1-3-5-13/h3-10,12,18H,1-2H3,(H,26,27)(H,28,29);2-4,6-9,11-12H,5,10H2,1H3,(H,23,24)(H,25,26);2-7,9-10H,8H2,1H3,(H,23,24)(H,25,26);1-5,7-8,10-11H,6,9H2,(H,23,24)(H,25,26);1-5,7-10,12H,6,11H2,(H,22,23)(H,24,25). The Bertz CT molecular complexity index is 6930. The minimum Gasteiger partial charge on any atom is -0.497 e. The number of amides is 5. The topological polar surface area (TPSA) is 341 Å². The third-order valence-electron chi connectivity index (χ3n) is 20.6. The molecule has 138 heavy (non-hydrogen) atoms. The first kappa shape index (κ1) is 106. The molecule has 0 aliphatic carbocycles. The van der Waals surface area contributed by atoms with Gasteiger partial charge in [0.15, 0.2) is 0 Å². The van der Waals surface area contributed by atoms with Crippen LogP contribution >= 0.6 is 161 Å². The number of aryl methyl sites for hydroxylation is 5. The van der Waals surface area contributed by atoms with Crippen LogP contribution in [0.2, 0.25) is 40.2 Å². The van der Waals surface area contributed by atoms with Crippen molar-refractivity contribution in [3.63, 3.8) is 0 Å². The molecule has 0 fully saturated rings. The second-order valence-corrected chi connectivity index (χ2v) is 38.8. The van der Waals surface area contributed by atoms with Crippen LogP contribution < -0.4 is 31.3 Å². The number of methoxy groups -OCH3 is 1. The molecule has 10 N–H and O–H groups in total. The zero-order valence-electron chi connectivity index (χ0n) is 73.2. The van der Waals surface area contributed by atoms with E-state index in [1.165, 1.54) is 34.0 Å². The Balaban J connectivity index is 0.000000165. The molecule has 0 aliphatic rings. The predicted molar refractivity (Wildman–Crippen MR) is 562 cm³/mol. The van der Waals surface area contributed by atoms with Crippen molar-refractivity contribution >= 4 is 245 Å². The van der Waals surface area contributed by atoms with Crippen molar-refractivity contribution in [3.8, 4) is 61.4 Å². The summed E-state index contributed by atoms with van der Waals surface area (Å²) in [5, 5.41) is 74.8. The molecule has 0 aliphatic heterocycles. The Kier molecular flexibility index (Phi) is 39.2. The molecule has 0 saturated carbocycles. The number of thiophene rings is 5. The van der Waals surface area contributed by atoms with Crippen LogP contribution in [0.4, 0.5) is 25.0 Å². The fourth-order valence-corrected chi connectivity index (χ4v) is 20.1. The van der Waals surface area contributed by atoms with E-state index in [1.807, 2.05) is 123 Å². The third-order valence-corrected chi connectivity index (χ3v) is 28.1. The fraction of sp³-hybridized carbons (Fsp3) is 0.126. The molecule has 0 saturated heterocycles. The number of carboxylic acids is 5. The van der Waals surface area contributed by atoms with Gasteiger partial charge in [-0.25, -0.2) is 24.0 Å². The summed E-state index contributed by atoms with van der Waals surface area (Å²) in [7, 11) is 1.55. The van der Waals surface area contributed by atoms with E-state index in [4.69, 9.17) is 109 Å². The first-order chi connectivity index (χ1) is 66.0. The van der Waals surface area contributed by atoms with Crippen molar-refractivity contribution in [2.24, 2.45) is 0 Å². The molecular weight excluding hydrogens is 2040 g/mol. The van der Waals surface area contributed by atoms with E-state index in [-0.39, 0.29) is 93.0 Å². The maximum absolute atomic E-state index is 13.0. The summed E-state index contributed by atoms with van der Waals surface area (Å²) in [5.41, 5.74) is 13.1. The second-order valence-electron chi connectivity index (χ2n) is 30.4. The lowest BCUT2D eigenvalue weighted by Gasteiger charge is -2.19. The Morgan fingerprint density at radius 3 is 0.964 bits per heavy atom. The van der Waals surface area contributed by atoms with Gasteiger partial charge in [-0.3, -0.25) is 24.0 Å². The smallest absolute Gasteiger partial charge is 0.339 e. The number of hydrogen-bond donors (Lipinski definition) is 10. The molecule has 708 valence electrons. The lowest BCUT2D eigenvalue weighted by molar-refractivity contribution is -0.118. The van der Waals surface area contributed by atoms with Crippen molar-refractivity contribution in [1.82, 2.24) is 0 Å². The summed E-state index contributed by atoms with van der Waals surface area (Å²) in [4.78, 5) is 121. The van der Waals surface area contributed by atoms with Crippen molar-refractivity contribution in [1.29, 1.82) is 0 Å². The highest BCUT2D eigenvalue weighted by Gasteiger charge is 2.31. The van der Waals surface area contributed by atoms with Gasteiger partial charge in [0.1, 0.15) is 58.6 Å². The number of nitrogens with one attached hydrogen (secondary N) is 5. The monoisotopic (exact) mass is 2120 g/mol. The minimum absolute atomic E-state index is 0.00313. The van der Waals surface area contributed by atoms with E-state index in [0.29, 0.717) is 125 Å². The van der Waals surface area contributed by atoms with Crippen LogP contribution in [0, 0.1) is 13.8 Å². The molecule has 5 amide bonds. The number of ether oxygens (including phenoxy) is 1. The summed E-state index contributed by atoms with van der Waals surface area (Å²) >= 11 is 60.0. The summed E-state index contributed by atoms with van der Waals surface area (Å²) < 4.78 is 5.15. The largest absolute Gasteiger partial charge is 0.497 e. The summed E-state index contributed by atoms with van der Waals surface area (Å²) in [6, 6.07) is 70.5. The number of carbonyl (C=O) groups excluding carboxylic acids is 5. The van der Waals surface area contributed by atoms with Crippen LogP contribution in [-0.4, -0.2) is 97.4 Å². The molecule has 5 heterocycles. The zero-order valence-corrected chi connectivity index (χ0v) is 84.1. The van der Waals surface area contributed by atoms with E-state index in [2.05, 4.69) is 26.6 Å². The number of alkyl halides is 1. The van der Waals surface area contributed by atoms with Crippen LogP contribution in [0.25, 0.3) is 55.6 Å². The minimum atomic E-state index is -1.15. The zero-order chi connectivity index (χ0) is 99.6. The Morgan fingerprint density at radius 1 is 0.319 bits per heavy atom. The molecule has 2 unspecified atom stereocenters. The molecule has 0 spiro atoms. The van der Waals surface area contributed by atoms with Gasteiger partial charge < -0.3 is 56.9 Å². The highest BCUT2D eigenvalue weighted by atomic mass is 35.5. The average molecular weight is 2130 g/mol. The summed E-state index contributed by atoms with van der Waals surface area (Å²) in [6.45, 7) is 5.70. The normalized spacial score (nSPS) is 11.1. The highest BCUT2D eigenvalue weighted by Crippen LogP contribution is 2.44. The molecule has 35 heteroatoms. The fourth-order valence-electron chi connectivity index (χ4n) is 13.8. The molecule has 10 aromatic carbocycles. The first-order valence-electron chi connectivity index (χ1n) is 41.6. The van der Waals surface area contributed by atoms with Gasteiger partial charge in [0.2, 0.25) is 29.5 Å². The molecule has 0 radical (unpaired) electrons. The highest BCUT2D eigenvalue weighted by molar-refractivity contribution is 7.16. The number of carboxylic acid groups (broad SMARTS) is 5. The van der Waals surface area contributed by atoms with E-state index in [1.54, 1.807) is 168 Å². The molecule has 21 nitrogen and oxygen atoms in total.